The van der Waals surface area contributed by atoms with Crippen LogP contribution in [0, 0.1) is 0 Å². The molecule has 0 atom stereocenters. The molecule has 0 spiro atoms. The summed E-state index contributed by atoms with van der Waals surface area (Å²) >= 11 is 0. The standard InChI is InChI=1S/C28H39N5O5/c1-3-4-14-36-25-10-9-23-18-26(28(34)38-27(23)19-25)22(2)30-37-15-8-6-5-7-11-33-21-24(29-31-33)20-32-12-16-35-17-13-32/h9-10,18-19,21H,3-8,11-17,20H2,1-2H3/b30-22+. The number of rotatable bonds is 15. The van der Waals surface area contributed by atoms with Crippen molar-refractivity contribution < 1.29 is 18.7 Å². The van der Waals surface area contributed by atoms with Gasteiger partial charge in [0.2, 0.25) is 0 Å². The molecular formula is C28H39N5O5. The molecule has 10 nitrogen and oxygen atoms in total. The maximum absolute atomic E-state index is 12.5. The fourth-order valence-electron chi connectivity index (χ4n) is 4.26. The van der Waals surface area contributed by atoms with Gasteiger partial charge >= 0.3 is 5.63 Å². The molecule has 4 rings (SSSR count). The molecule has 10 heteroatoms. The van der Waals surface area contributed by atoms with Crippen LogP contribution in [0.4, 0.5) is 0 Å². The minimum Gasteiger partial charge on any atom is -0.493 e. The Labute approximate surface area is 223 Å². The molecule has 2 aromatic heterocycles. The van der Waals surface area contributed by atoms with Gasteiger partial charge < -0.3 is 18.7 Å². The highest BCUT2D eigenvalue weighted by Crippen LogP contribution is 2.21. The smallest absolute Gasteiger partial charge is 0.345 e. The lowest BCUT2D eigenvalue weighted by Gasteiger charge is -2.25. The van der Waals surface area contributed by atoms with Crippen molar-refractivity contribution in [2.24, 2.45) is 5.16 Å². The molecule has 1 aliphatic heterocycles. The Balaban J connectivity index is 1.14. The van der Waals surface area contributed by atoms with E-state index in [9.17, 15) is 4.79 Å². The Morgan fingerprint density at radius 2 is 1.92 bits per heavy atom. The molecule has 0 radical (unpaired) electrons. The minimum atomic E-state index is -0.436. The van der Waals surface area contributed by atoms with Gasteiger partial charge in [0.05, 0.1) is 36.8 Å². The monoisotopic (exact) mass is 525 g/mol. The molecule has 1 aromatic carbocycles. The lowest BCUT2D eigenvalue weighted by molar-refractivity contribution is 0.0336. The van der Waals surface area contributed by atoms with Gasteiger partial charge in [0.1, 0.15) is 17.9 Å². The highest BCUT2D eigenvalue weighted by Gasteiger charge is 2.13. The number of nitrogens with zero attached hydrogens (tertiary/aromatic N) is 5. The highest BCUT2D eigenvalue weighted by molar-refractivity contribution is 6.00. The van der Waals surface area contributed by atoms with Crippen LogP contribution in [0.2, 0.25) is 0 Å². The number of hydrogen-bond acceptors (Lipinski definition) is 9. The van der Waals surface area contributed by atoms with Crippen LogP contribution in [0.15, 0.2) is 44.8 Å². The number of aryl methyl sites for hydroxylation is 1. The maximum atomic E-state index is 12.5. The Bertz CT molecular complexity index is 1230. The van der Waals surface area contributed by atoms with E-state index in [1.54, 1.807) is 19.1 Å². The minimum absolute atomic E-state index is 0.401. The summed E-state index contributed by atoms with van der Waals surface area (Å²) in [5, 5.41) is 13.5. The van der Waals surface area contributed by atoms with E-state index in [0.717, 1.165) is 89.0 Å². The zero-order chi connectivity index (χ0) is 26.6. The van der Waals surface area contributed by atoms with Crippen LogP contribution >= 0.6 is 0 Å². The van der Waals surface area contributed by atoms with E-state index in [1.807, 2.05) is 23.0 Å². The summed E-state index contributed by atoms with van der Waals surface area (Å²) in [6.45, 7) is 10.2. The van der Waals surface area contributed by atoms with E-state index < -0.39 is 5.63 Å². The van der Waals surface area contributed by atoms with Crippen LogP contribution in [0.5, 0.6) is 5.75 Å². The third-order valence-electron chi connectivity index (χ3n) is 6.51. The second-order valence-corrected chi connectivity index (χ2v) is 9.63. The van der Waals surface area contributed by atoms with Crippen molar-refractivity contribution in [3.8, 4) is 5.75 Å². The molecule has 0 aliphatic carbocycles. The van der Waals surface area contributed by atoms with Gasteiger partial charge in [0, 0.05) is 43.8 Å². The van der Waals surface area contributed by atoms with E-state index in [4.69, 9.17) is 18.7 Å². The van der Waals surface area contributed by atoms with Gasteiger partial charge in [0.25, 0.3) is 0 Å². The maximum Gasteiger partial charge on any atom is 0.345 e. The van der Waals surface area contributed by atoms with Crippen molar-refractivity contribution in [2.75, 3.05) is 39.5 Å². The summed E-state index contributed by atoms with van der Waals surface area (Å²) in [5.74, 6) is 0.699. The fourth-order valence-corrected chi connectivity index (χ4v) is 4.26. The number of fused-ring (bicyclic) bond motifs is 1. The van der Waals surface area contributed by atoms with Crippen LogP contribution < -0.4 is 10.4 Å². The number of hydrogen-bond donors (Lipinski definition) is 0. The topological polar surface area (TPSA) is 104 Å². The number of oxime groups is 1. The van der Waals surface area contributed by atoms with Crippen LogP contribution in [-0.2, 0) is 22.7 Å². The molecular weight excluding hydrogens is 486 g/mol. The molecule has 0 amide bonds. The first-order valence-electron chi connectivity index (χ1n) is 13.7. The average Bonchev–Trinajstić information content (AvgIpc) is 3.37. The normalized spacial score (nSPS) is 14.7. The van der Waals surface area contributed by atoms with Crippen molar-refractivity contribution in [1.29, 1.82) is 0 Å². The molecule has 1 fully saturated rings. The number of aromatic nitrogens is 3. The lowest BCUT2D eigenvalue weighted by Crippen LogP contribution is -2.35. The van der Waals surface area contributed by atoms with E-state index in [2.05, 4.69) is 27.3 Å². The zero-order valence-corrected chi connectivity index (χ0v) is 22.6. The molecule has 1 saturated heterocycles. The van der Waals surface area contributed by atoms with E-state index >= 15 is 0 Å². The lowest BCUT2D eigenvalue weighted by atomic mass is 10.1. The molecule has 38 heavy (non-hydrogen) atoms. The first-order chi connectivity index (χ1) is 18.6. The second kappa shape index (κ2) is 14.6. The summed E-state index contributed by atoms with van der Waals surface area (Å²) < 4.78 is 18.5. The Morgan fingerprint density at radius 3 is 2.76 bits per heavy atom. The predicted molar refractivity (Wildman–Crippen MR) is 146 cm³/mol. The van der Waals surface area contributed by atoms with Crippen molar-refractivity contribution in [2.45, 2.75) is 65.5 Å². The summed E-state index contributed by atoms with van der Waals surface area (Å²) in [6.07, 6.45) is 8.12. The van der Waals surface area contributed by atoms with Crippen molar-refractivity contribution in [3.05, 3.63) is 52.1 Å². The van der Waals surface area contributed by atoms with Gasteiger partial charge in [-0.05, 0) is 50.8 Å². The zero-order valence-electron chi connectivity index (χ0n) is 22.6. The molecule has 0 N–H and O–H groups in total. The van der Waals surface area contributed by atoms with Gasteiger partial charge in [-0.15, -0.1) is 5.10 Å². The van der Waals surface area contributed by atoms with E-state index in [1.165, 1.54) is 0 Å². The molecule has 206 valence electrons. The van der Waals surface area contributed by atoms with Gasteiger partial charge in [-0.25, -0.2) is 4.79 Å². The molecule has 0 unspecified atom stereocenters. The molecule has 0 bridgehead atoms. The summed E-state index contributed by atoms with van der Waals surface area (Å²) in [4.78, 5) is 20.3. The number of morpholine rings is 1. The summed E-state index contributed by atoms with van der Waals surface area (Å²) in [7, 11) is 0. The predicted octanol–water partition coefficient (Wildman–Crippen LogP) is 4.40. The Morgan fingerprint density at radius 1 is 1.08 bits per heavy atom. The van der Waals surface area contributed by atoms with Gasteiger partial charge in [-0.3, -0.25) is 9.58 Å². The van der Waals surface area contributed by atoms with Gasteiger partial charge in [-0.2, -0.15) is 0 Å². The SMILES string of the molecule is CCCCOc1ccc2cc(/C(C)=N/OCCCCCCn3cc(CN4CCOCC4)nn3)c(=O)oc2c1. The van der Waals surface area contributed by atoms with Gasteiger partial charge in [0.15, 0.2) is 0 Å². The average molecular weight is 526 g/mol. The van der Waals surface area contributed by atoms with Crippen LogP contribution in [0.3, 0.4) is 0 Å². The molecule has 0 saturated carbocycles. The Hall–Kier alpha value is -3.24. The van der Waals surface area contributed by atoms with Crippen LogP contribution in [0.1, 0.15) is 63.6 Å². The fraction of sp³-hybridized carbons (Fsp3) is 0.571. The van der Waals surface area contributed by atoms with Crippen LogP contribution in [0.25, 0.3) is 11.0 Å². The molecule has 3 heterocycles. The van der Waals surface area contributed by atoms with E-state index in [0.29, 0.717) is 35.8 Å². The summed E-state index contributed by atoms with van der Waals surface area (Å²) in [6, 6.07) is 7.32. The third kappa shape index (κ3) is 8.39. The van der Waals surface area contributed by atoms with E-state index in [-0.39, 0.29) is 0 Å². The van der Waals surface area contributed by atoms with Crippen molar-refractivity contribution >= 4 is 16.7 Å². The van der Waals surface area contributed by atoms with Crippen LogP contribution in [-0.4, -0.2) is 65.1 Å². The largest absolute Gasteiger partial charge is 0.493 e. The number of unbranched alkanes of at least 4 members (excludes halogenated alkanes) is 4. The second-order valence-electron chi connectivity index (χ2n) is 9.63. The highest BCUT2D eigenvalue weighted by atomic mass is 16.6. The Kier molecular flexibility index (Phi) is 10.7. The number of benzene rings is 1. The van der Waals surface area contributed by atoms with Crippen molar-refractivity contribution in [3.63, 3.8) is 0 Å². The third-order valence-corrected chi connectivity index (χ3v) is 6.51. The molecule has 3 aromatic rings. The number of ether oxygens (including phenoxy) is 2. The van der Waals surface area contributed by atoms with Gasteiger partial charge in [-0.1, -0.05) is 30.1 Å². The quantitative estimate of drug-likeness (QED) is 0.124. The first kappa shape index (κ1) is 27.8. The molecule has 1 aliphatic rings. The van der Waals surface area contributed by atoms with Crippen molar-refractivity contribution in [1.82, 2.24) is 19.9 Å². The summed E-state index contributed by atoms with van der Waals surface area (Å²) in [5.41, 5.74) is 1.98. The first-order valence-corrected chi connectivity index (χ1v) is 13.7.